The molecule has 0 unspecified atom stereocenters. The summed E-state index contributed by atoms with van der Waals surface area (Å²) >= 11 is 0. The predicted molar refractivity (Wildman–Crippen MR) is 94.2 cm³/mol. The lowest BCUT2D eigenvalue weighted by molar-refractivity contribution is -0.129. The zero-order chi connectivity index (χ0) is 19.0. The Morgan fingerprint density at radius 3 is 2.24 bits per heavy atom. The molecule has 138 valence electrons. The van der Waals surface area contributed by atoms with E-state index in [9.17, 15) is 14.4 Å². The van der Waals surface area contributed by atoms with Gasteiger partial charge in [0, 0.05) is 5.69 Å². The van der Waals surface area contributed by atoms with Crippen LogP contribution in [-0.4, -0.2) is 34.9 Å². The standard InChI is InChI=1S/C17H26N4O4/c1-3-10(2)15(19)17(25)21-13(8-14(18)23)16(24)20-12-6-4-11(9-22)5-7-12/h4-7,10,13,15,22H,3,8-9,19H2,1-2H3,(H2,18,23)(H,20,24)(H,21,25)/t10-,13-,15-/m0/s1. The third-order valence-electron chi connectivity index (χ3n) is 4.00. The molecule has 0 fully saturated rings. The van der Waals surface area contributed by atoms with Crippen LogP contribution >= 0.6 is 0 Å². The highest BCUT2D eigenvalue weighted by atomic mass is 16.3. The Balaban J connectivity index is 2.80. The van der Waals surface area contributed by atoms with Gasteiger partial charge in [-0.25, -0.2) is 0 Å². The minimum absolute atomic E-state index is 0.0664. The molecule has 0 spiro atoms. The first kappa shape index (κ1) is 20.6. The second-order valence-corrected chi connectivity index (χ2v) is 5.99. The number of nitrogens with two attached hydrogens (primary N) is 2. The molecule has 3 amide bonds. The number of hydrogen-bond donors (Lipinski definition) is 5. The average Bonchev–Trinajstić information content (AvgIpc) is 2.59. The number of anilines is 1. The average molecular weight is 350 g/mol. The molecule has 1 rings (SSSR count). The first-order chi connectivity index (χ1) is 11.8. The summed E-state index contributed by atoms with van der Waals surface area (Å²) in [4.78, 5) is 35.8. The van der Waals surface area contributed by atoms with Crippen molar-refractivity contribution in [2.75, 3.05) is 5.32 Å². The fourth-order valence-electron chi connectivity index (χ4n) is 2.11. The third-order valence-corrected chi connectivity index (χ3v) is 4.00. The number of nitrogens with one attached hydrogen (secondary N) is 2. The maximum atomic E-state index is 12.4. The summed E-state index contributed by atoms with van der Waals surface area (Å²) in [5.74, 6) is -1.86. The van der Waals surface area contributed by atoms with E-state index >= 15 is 0 Å². The van der Waals surface area contributed by atoms with Gasteiger partial charge in [0.05, 0.1) is 19.1 Å². The van der Waals surface area contributed by atoms with E-state index in [1.165, 1.54) is 0 Å². The summed E-state index contributed by atoms with van der Waals surface area (Å²) < 4.78 is 0. The number of amides is 3. The van der Waals surface area contributed by atoms with Crippen LogP contribution in [0.15, 0.2) is 24.3 Å². The van der Waals surface area contributed by atoms with Gasteiger partial charge in [0.15, 0.2) is 0 Å². The van der Waals surface area contributed by atoms with Gasteiger partial charge in [0.25, 0.3) is 0 Å². The summed E-state index contributed by atoms with van der Waals surface area (Å²) in [6.45, 7) is 3.62. The van der Waals surface area contributed by atoms with E-state index in [1.807, 2.05) is 13.8 Å². The van der Waals surface area contributed by atoms with Crippen LogP contribution in [0.3, 0.4) is 0 Å². The molecular formula is C17H26N4O4. The van der Waals surface area contributed by atoms with Crippen LogP contribution < -0.4 is 22.1 Å². The van der Waals surface area contributed by atoms with Crippen LogP contribution in [0.1, 0.15) is 32.3 Å². The largest absolute Gasteiger partial charge is 0.392 e. The van der Waals surface area contributed by atoms with Crippen molar-refractivity contribution in [3.05, 3.63) is 29.8 Å². The lowest BCUT2D eigenvalue weighted by Crippen LogP contribution is -2.52. The molecule has 0 aliphatic heterocycles. The van der Waals surface area contributed by atoms with Crippen molar-refractivity contribution in [1.29, 1.82) is 0 Å². The number of carbonyl (C=O) groups is 3. The van der Waals surface area contributed by atoms with Gasteiger partial charge in [0.2, 0.25) is 17.7 Å². The zero-order valence-corrected chi connectivity index (χ0v) is 14.5. The molecule has 25 heavy (non-hydrogen) atoms. The van der Waals surface area contributed by atoms with Crippen molar-refractivity contribution in [2.45, 2.75) is 45.4 Å². The van der Waals surface area contributed by atoms with E-state index in [4.69, 9.17) is 16.6 Å². The number of carbonyl (C=O) groups excluding carboxylic acids is 3. The van der Waals surface area contributed by atoms with Crippen LogP contribution in [0.25, 0.3) is 0 Å². The molecule has 0 aromatic heterocycles. The van der Waals surface area contributed by atoms with Crippen molar-refractivity contribution in [1.82, 2.24) is 5.32 Å². The lowest BCUT2D eigenvalue weighted by Gasteiger charge is -2.22. The Morgan fingerprint density at radius 2 is 1.76 bits per heavy atom. The second-order valence-electron chi connectivity index (χ2n) is 5.99. The molecule has 0 aliphatic carbocycles. The van der Waals surface area contributed by atoms with Crippen LogP contribution in [0, 0.1) is 5.92 Å². The number of rotatable bonds is 9. The fraction of sp³-hybridized carbons (Fsp3) is 0.471. The van der Waals surface area contributed by atoms with Crippen LogP contribution in [0.5, 0.6) is 0 Å². The smallest absolute Gasteiger partial charge is 0.247 e. The monoisotopic (exact) mass is 350 g/mol. The molecule has 7 N–H and O–H groups in total. The second kappa shape index (κ2) is 9.75. The third kappa shape index (κ3) is 6.52. The summed E-state index contributed by atoms with van der Waals surface area (Å²) in [6, 6.07) is 4.62. The Bertz CT molecular complexity index is 603. The number of primary amides is 1. The molecule has 0 bridgehead atoms. The Labute approximate surface area is 147 Å². The molecule has 8 nitrogen and oxygen atoms in total. The molecule has 0 saturated carbocycles. The summed E-state index contributed by atoms with van der Waals surface area (Å²) in [5.41, 5.74) is 12.2. The molecule has 0 heterocycles. The molecule has 0 aliphatic rings. The van der Waals surface area contributed by atoms with Crippen molar-refractivity contribution < 1.29 is 19.5 Å². The van der Waals surface area contributed by atoms with Gasteiger partial charge in [-0.2, -0.15) is 0 Å². The molecular weight excluding hydrogens is 324 g/mol. The fourth-order valence-corrected chi connectivity index (χ4v) is 2.11. The summed E-state index contributed by atoms with van der Waals surface area (Å²) in [5, 5.41) is 14.1. The van der Waals surface area contributed by atoms with Gasteiger partial charge in [-0.1, -0.05) is 32.4 Å². The molecule has 0 saturated heterocycles. The van der Waals surface area contributed by atoms with E-state index < -0.39 is 29.8 Å². The molecule has 3 atom stereocenters. The van der Waals surface area contributed by atoms with Crippen molar-refractivity contribution in [3.8, 4) is 0 Å². The maximum absolute atomic E-state index is 12.4. The zero-order valence-electron chi connectivity index (χ0n) is 14.5. The SMILES string of the molecule is CC[C@H](C)[C@H](N)C(=O)N[C@@H](CC(N)=O)C(=O)Nc1ccc(CO)cc1. The lowest BCUT2D eigenvalue weighted by atomic mass is 9.99. The normalized spacial score (nSPS) is 14.2. The Morgan fingerprint density at radius 1 is 1.16 bits per heavy atom. The highest BCUT2D eigenvalue weighted by molar-refractivity contribution is 6.00. The van der Waals surface area contributed by atoms with Gasteiger partial charge < -0.3 is 27.2 Å². The number of hydrogen-bond acceptors (Lipinski definition) is 5. The van der Waals surface area contributed by atoms with Gasteiger partial charge in [-0.3, -0.25) is 14.4 Å². The van der Waals surface area contributed by atoms with Gasteiger partial charge in [-0.15, -0.1) is 0 Å². The minimum atomic E-state index is -1.11. The number of aliphatic hydroxyl groups is 1. The van der Waals surface area contributed by atoms with Crippen molar-refractivity contribution in [2.24, 2.45) is 17.4 Å². The Hall–Kier alpha value is -2.45. The van der Waals surface area contributed by atoms with Crippen LogP contribution in [0.4, 0.5) is 5.69 Å². The summed E-state index contributed by atoms with van der Waals surface area (Å²) in [6.07, 6.45) is 0.373. The van der Waals surface area contributed by atoms with Gasteiger partial charge >= 0.3 is 0 Å². The molecule has 8 heteroatoms. The van der Waals surface area contributed by atoms with E-state index in [0.29, 0.717) is 17.7 Å². The predicted octanol–water partition coefficient (Wildman–Crippen LogP) is -0.149. The van der Waals surface area contributed by atoms with E-state index in [2.05, 4.69) is 10.6 Å². The highest BCUT2D eigenvalue weighted by Gasteiger charge is 2.27. The molecule has 0 radical (unpaired) electrons. The maximum Gasteiger partial charge on any atom is 0.247 e. The molecule has 1 aromatic carbocycles. The topological polar surface area (TPSA) is 148 Å². The van der Waals surface area contributed by atoms with E-state index in [1.54, 1.807) is 24.3 Å². The van der Waals surface area contributed by atoms with Crippen LogP contribution in [-0.2, 0) is 21.0 Å². The van der Waals surface area contributed by atoms with Crippen LogP contribution in [0.2, 0.25) is 0 Å². The number of aliphatic hydroxyl groups excluding tert-OH is 1. The van der Waals surface area contributed by atoms with Crippen molar-refractivity contribution >= 4 is 23.4 Å². The number of benzene rings is 1. The highest BCUT2D eigenvalue weighted by Crippen LogP contribution is 2.11. The van der Waals surface area contributed by atoms with Gasteiger partial charge in [-0.05, 0) is 23.6 Å². The first-order valence-electron chi connectivity index (χ1n) is 8.13. The molecule has 1 aromatic rings. The van der Waals surface area contributed by atoms with Gasteiger partial charge in [0.1, 0.15) is 6.04 Å². The van der Waals surface area contributed by atoms with E-state index in [0.717, 1.165) is 0 Å². The van der Waals surface area contributed by atoms with E-state index in [-0.39, 0.29) is 18.9 Å². The Kier molecular flexibility index (Phi) is 8.03. The van der Waals surface area contributed by atoms with Crippen molar-refractivity contribution in [3.63, 3.8) is 0 Å². The first-order valence-corrected chi connectivity index (χ1v) is 8.13. The quantitative estimate of drug-likeness (QED) is 0.420. The minimum Gasteiger partial charge on any atom is -0.392 e. The summed E-state index contributed by atoms with van der Waals surface area (Å²) in [7, 11) is 0.